The van der Waals surface area contributed by atoms with E-state index >= 15 is 0 Å². The standard InChI is InChI=1S/C18H23N3O/c1-14-6-3-7-15(12-14)19-18(22)13-21-11-5-9-17(21)16-8-4-10-20(16)2/h3-4,6-8,10,12,17H,5,9,11,13H2,1-2H3,(H,19,22)/t17-/m0/s1. The van der Waals surface area contributed by atoms with Crippen molar-refractivity contribution in [3.05, 3.63) is 53.9 Å². The number of carbonyl (C=O) groups excluding carboxylic acids is 1. The van der Waals surface area contributed by atoms with E-state index in [9.17, 15) is 4.79 Å². The Morgan fingerprint density at radius 1 is 1.32 bits per heavy atom. The van der Waals surface area contributed by atoms with Gasteiger partial charge < -0.3 is 9.88 Å². The zero-order valence-electron chi connectivity index (χ0n) is 13.2. The molecule has 3 rings (SSSR count). The van der Waals surface area contributed by atoms with Crippen LogP contribution in [-0.2, 0) is 11.8 Å². The Kier molecular flexibility index (Phi) is 4.29. The molecule has 0 saturated carbocycles. The number of likely N-dealkylation sites (tertiary alicyclic amines) is 1. The van der Waals surface area contributed by atoms with E-state index in [4.69, 9.17) is 0 Å². The molecule has 0 aliphatic carbocycles. The summed E-state index contributed by atoms with van der Waals surface area (Å²) in [5.41, 5.74) is 3.32. The minimum absolute atomic E-state index is 0.0618. The smallest absolute Gasteiger partial charge is 0.238 e. The third-order valence-electron chi connectivity index (χ3n) is 4.34. The van der Waals surface area contributed by atoms with Crippen LogP contribution in [0.3, 0.4) is 0 Å². The molecule has 0 spiro atoms. The molecule has 0 radical (unpaired) electrons. The van der Waals surface area contributed by atoms with Crippen molar-refractivity contribution >= 4 is 11.6 Å². The van der Waals surface area contributed by atoms with E-state index in [-0.39, 0.29) is 5.91 Å². The first kappa shape index (κ1) is 14.9. The summed E-state index contributed by atoms with van der Waals surface area (Å²) in [5, 5.41) is 3.00. The maximum absolute atomic E-state index is 12.3. The molecular formula is C18H23N3O. The van der Waals surface area contributed by atoms with Crippen molar-refractivity contribution in [3.8, 4) is 0 Å². The second-order valence-corrected chi connectivity index (χ2v) is 6.09. The van der Waals surface area contributed by atoms with Crippen molar-refractivity contribution in [3.63, 3.8) is 0 Å². The fourth-order valence-electron chi connectivity index (χ4n) is 3.28. The fourth-order valence-corrected chi connectivity index (χ4v) is 3.28. The number of hydrogen-bond acceptors (Lipinski definition) is 2. The van der Waals surface area contributed by atoms with Gasteiger partial charge in [-0.1, -0.05) is 12.1 Å². The lowest BCUT2D eigenvalue weighted by Crippen LogP contribution is -2.33. The lowest BCUT2D eigenvalue weighted by Gasteiger charge is -2.24. The molecule has 1 saturated heterocycles. The van der Waals surface area contributed by atoms with Gasteiger partial charge in [0, 0.05) is 24.6 Å². The summed E-state index contributed by atoms with van der Waals surface area (Å²) in [6.07, 6.45) is 4.34. The molecule has 2 aromatic rings. The molecular weight excluding hydrogens is 274 g/mol. The van der Waals surface area contributed by atoms with Crippen molar-refractivity contribution in [2.75, 3.05) is 18.4 Å². The lowest BCUT2D eigenvalue weighted by atomic mass is 10.1. The average Bonchev–Trinajstić information content (AvgIpc) is 3.07. The van der Waals surface area contributed by atoms with Crippen LogP contribution >= 0.6 is 0 Å². The summed E-state index contributed by atoms with van der Waals surface area (Å²) in [6.45, 7) is 3.46. The number of hydrogen-bond donors (Lipinski definition) is 1. The zero-order valence-corrected chi connectivity index (χ0v) is 13.2. The molecule has 0 bridgehead atoms. The molecule has 4 nitrogen and oxygen atoms in total. The van der Waals surface area contributed by atoms with Crippen LogP contribution in [0.25, 0.3) is 0 Å². The Hall–Kier alpha value is -2.07. The van der Waals surface area contributed by atoms with E-state index in [1.54, 1.807) is 0 Å². The monoisotopic (exact) mass is 297 g/mol. The average molecular weight is 297 g/mol. The van der Waals surface area contributed by atoms with Crippen molar-refractivity contribution in [1.82, 2.24) is 9.47 Å². The van der Waals surface area contributed by atoms with Gasteiger partial charge in [-0.25, -0.2) is 0 Å². The molecule has 1 N–H and O–H groups in total. The second kappa shape index (κ2) is 6.36. The van der Waals surface area contributed by atoms with Gasteiger partial charge in [-0.3, -0.25) is 9.69 Å². The topological polar surface area (TPSA) is 37.3 Å². The van der Waals surface area contributed by atoms with E-state index in [2.05, 4.69) is 40.2 Å². The SMILES string of the molecule is Cc1cccc(NC(=O)CN2CCC[C@H]2c2cccn2C)c1. The summed E-state index contributed by atoms with van der Waals surface area (Å²) in [5.74, 6) is 0.0618. The Labute approximate surface area is 131 Å². The molecule has 1 atom stereocenters. The van der Waals surface area contributed by atoms with Gasteiger partial charge in [0.15, 0.2) is 0 Å². The summed E-state index contributed by atoms with van der Waals surface area (Å²) in [4.78, 5) is 14.6. The normalized spacial score (nSPS) is 18.5. The van der Waals surface area contributed by atoms with E-state index in [0.29, 0.717) is 12.6 Å². The first-order valence-electron chi connectivity index (χ1n) is 7.85. The molecule has 1 aliphatic rings. The molecule has 22 heavy (non-hydrogen) atoms. The minimum atomic E-state index is 0.0618. The number of rotatable bonds is 4. The van der Waals surface area contributed by atoms with Gasteiger partial charge in [-0.2, -0.15) is 0 Å². The first-order chi connectivity index (χ1) is 10.6. The van der Waals surface area contributed by atoms with Crippen LogP contribution in [0.1, 0.15) is 30.1 Å². The van der Waals surface area contributed by atoms with Crippen LogP contribution in [0.15, 0.2) is 42.6 Å². The highest BCUT2D eigenvalue weighted by molar-refractivity contribution is 5.92. The Morgan fingerprint density at radius 2 is 2.18 bits per heavy atom. The quantitative estimate of drug-likeness (QED) is 0.941. The van der Waals surface area contributed by atoms with Gasteiger partial charge in [-0.05, 0) is 56.1 Å². The predicted molar refractivity (Wildman–Crippen MR) is 88.8 cm³/mol. The van der Waals surface area contributed by atoms with Crippen LogP contribution in [0.5, 0.6) is 0 Å². The Morgan fingerprint density at radius 3 is 2.91 bits per heavy atom. The van der Waals surface area contributed by atoms with Crippen LogP contribution < -0.4 is 5.32 Å². The number of nitrogens with zero attached hydrogens (tertiary/aromatic N) is 2. The van der Waals surface area contributed by atoms with Crippen LogP contribution in [0.2, 0.25) is 0 Å². The van der Waals surface area contributed by atoms with E-state index in [1.165, 1.54) is 5.69 Å². The maximum Gasteiger partial charge on any atom is 0.238 e. The summed E-state index contributed by atoms with van der Waals surface area (Å²) < 4.78 is 2.15. The van der Waals surface area contributed by atoms with Gasteiger partial charge in [0.25, 0.3) is 0 Å². The maximum atomic E-state index is 12.3. The van der Waals surface area contributed by atoms with Gasteiger partial charge in [0.05, 0.1) is 12.6 Å². The van der Waals surface area contributed by atoms with Crippen molar-refractivity contribution in [2.24, 2.45) is 7.05 Å². The molecule has 1 fully saturated rings. The van der Waals surface area contributed by atoms with Gasteiger partial charge in [0.1, 0.15) is 0 Å². The van der Waals surface area contributed by atoms with Crippen molar-refractivity contribution in [1.29, 1.82) is 0 Å². The second-order valence-electron chi connectivity index (χ2n) is 6.09. The first-order valence-corrected chi connectivity index (χ1v) is 7.85. The molecule has 1 aromatic carbocycles. The van der Waals surface area contributed by atoms with Crippen molar-refractivity contribution < 1.29 is 4.79 Å². The van der Waals surface area contributed by atoms with Crippen LogP contribution in [0, 0.1) is 6.92 Å². The van der Waals surface area contributed by atoms with Crippen LogP contribution in [-0.4, -0.2) is 28.5 Å². The molecule has 116 valence electrons. The number of amides is 1. The summed E-state index contributed by atoms with van der Waals surface area (Å²) in [6, 6.07) is 12.5. The van der Waals surface area contributed by atoms with E-state index in [1.807, 2.05) is 31.2 Å². The summed E-state index contributed by atoms with van der Waals surface area (Å²) in [7, 11) is 2.07. The molecule has 2 heterocycles. The molecule has 1 aromatic heterocycles. The zero-order chi connectivity index (χ0) is 15.5. The van der Waals surface area contributed by atoms with Gasteiger partial charge in [0.2, 0.25) is 5.91 Å². The number of benzene rings is 1. The largest absolute Gasteiger partial charge is 0.353 e. The third-order valence-corrected chi connectivity index (χ3v) is 4.34. The Bertz CT molecular complexity index is 662. The summed E-state index contributed by atoms with van der Waals surface area (Å²) >= 11 is 0. The van der Waals surface area contributed by atoms with Crippen molar-refractivity contribution in [2.45, 2.75) is 25.8 Å². The minimum Gasteiger partial charge on any atom is -0.353 e. The number of aromatic nitrogens is 1. The number of carbonyl (C=O) groups is 1. The highest BCUT2D eigenvalue weighted by Gasteiger charge is 2.28. The molecule has 0 unspecified atom stereocenters. The number of aryl methyl sites for hydroxylation is 2. The lowest BCUT2D eigenvalue weighted by molar-refractivity contribution is -0.117. The van der Waals surface area contributed by atoms with E-state index < -0.39 is 0 Å². The molecule has 1 amide bonds. The third kappa shape index (κ3) is 3.22. The fraction of sp³-hybridized carbons (Fsp3) is 0.389. The molecule has 1 aliphatic heterocycles. The highest BCUT2D eigenvalue weighted by Crippen LogP contribution is 2.31. The predicted octanol–water partition coefficient (Wildman–Crippen LogP) is 3.11. The van der Waals surface area contributed by atoms with Crippen LogP contribution in [0.4, 0.5) is 5.69 Å². The Balaban J connectivity index is 1.64. The number of nitrogens with one attached hydrogen (secondary N) is 1. The highest BCUT2D eigenvalue weighted by atomic mass is 16.2. The van der Waals surface area contributed by atoms with E-state index in [0.717, 1.165) is 30.6 Å². The number of anilines is 1. The van der Waals surface area contributed by atoms with Gasteiger partial charge in [-0.15, -0.1) is 0 Å². The molecule has 4 heteroatoms. The van der Waals surface area contributed by atoms with Gasteiger partial charge >= 0.3 is 0 Å².